The zero-order chi connectivity index (χ0) is 14.0. The number of anilines is 1. The molecule has 0 saturated heterocycles. The number of carbonyl (C=O) groups is 1. The van der Waals surface area contributed by atoms with Crippen LogP contribution in [0.15, 0.2) is 34.5 Å². The number of pyridine rings is 1. The molecule has 2 aromatic heterocycles. The van der Waals surface area contributed by atoms with Gasteiger partial charge in [0.05, 0.1) is 4.34 Å². The van der Waals surface area contributed by atoms with Crippen LogP contribution in [-0.2, 0) is 10.0 Å². The van der Waals surface area contributed by atoms with Crippen molar-refractivity contribution in [1.29, 1.82) is 0 Å². The molecule has 0 aliphatic heterocycles. The number of aromatic nitrogens is 1. The fourth-order valence-electron chi connectivity index (χ4n) is 1.24. The number of carboxylic acids is 1. The molecule has 2 N–H and O–H groups in total. The van der Waals surface area contributed by atoms with E-state index in [1.807, 2.05) is 0 Å². The Morgan fingerprint density at radius 1 is 1.32 bits per heavy atom. The maximum Gasteiger partial charge on any atom is 0.354 e. The van der Waals surface area contributed by atoms with Gasteiger partial charge >= 0.3 is 5.97 Å². The first kappa shape index (κ1) is 13.8. The Kier molecular flexibility index (Phi) is 3.74. The van der Waals surface area contributed by atoms with Crippen molar-refractivity contribution in [3.05, 3.63) is 40.4 Å². The predicted molar refractivity (Wildman–Crippen MR) is 71.3 cm³/mol. The lowest BCUT2D eigenvalue weighted by Crippen LogP contribution is -2.13. The van der Waals surface area contributed by atoms with Crippen LogP contribution in [0, 0.1) is 0 Å². The van der Waals surface area contributed by atoms with Crippen LogP contribution < -0.4 is 4.72 Å². The second kappa shape index (κ2) is 5.16. The molecule has 19 heavy (non-hydrogen) atoms. The fourth-order valence-corrected chi connectivity index (χ4v) is 3.72. The molecule has 0 aromatic carbocycles. The Morgan fingerprint density at radius 3 is 2.63 bits per heavy atom. The Morgan fingerprint density at radius 2 is 2.05 bits per heavy atom. The van der Waals surface area contributed by atoms with Gasteiger partial charge in [-0.1, -0.05) is 17.7 Å². The number of rotatable bonds is 4. The zero-order valence-electron chi connectivity index (χ0n) is 9.20. The minimum atomic E-state index is -3.81. The second-order valence-corrected chi connectivity index (χ2v) is 7.00. The molecule has 6 nitrogen and oxygen atoms in total. The first-order chi connectivity index (χ1) is 8.88. The van der Waals surface area contributed by atoms with E-state index in [1.165, 1.54) is 30.3 Å². The van der Waals surface area contributed by atoms with Gasteiger partial charge in [0, 0.05) is 0 Å². The van der Waals surface area contributed by atoms with E-state index in [0.29, 0.717) is 4.34 Å². The minimum Gasteiger partial charge on any atom is -0.477 e. The number of aromatic carboxylic acids is 1. The molecule has 0 aliphatic carbocycles. The molecule has 9 heteroatoms. The van der Waals surface area contributed by atoms with Crippen molar-refractivity contribution in [3.63, 3.8) is 0 Å². The van der Waals surface area contributed by atoms with Gasteiger partial charge in [-0.3, -0.25) is 4.72 Å². The van der Waals surface area contributed by atoms with E-state index in [-0.39, 0.29) is 15.7 Å². The topological polar surface area (TPSA) is 96.4 Å². The third-order valence-corrected chi connectivity index (χ3v) is 5.10. The van der Waals surface area contributed by atoms with Gasteiger partial charge < -0.3 is 5.11 Å². The molecule has 0 spiro atoms. The number of hydrogen-bond donors (Lipinski definition) is 2. The summed E-state index contributed by atoms with van der Waals surface area (Å²) in [6, 6.07) is 6.84. The lowest BCUT2D eigenvalue weighted by Gasteiger charge is -2.05. The van der Waals surface area contributed by atoms with Crippen LogP contribution in [0.25, 0.3) is 0 Å². The van der Waals surface area contributed by atoms with E-state index in [0.717, 1.165) is 11.3 Å². The first-order valence-corrected chi connectivity index (χ1v) is 7.55. The lowest BCUT2D eigenvalue weighted by atomic mass is 10.3. The maximum atomic E-state index is 11.9. The van der Waals surface area contributed by atoms with Gasteiger partial charge in [0.15, 0.2) is 5.69 Å². The van der Waals surface area contributed by atoms with E-state index in [9.17, 15) is 13.2 Å². The summed E-state index contributed by atoms with van der Waals surface area (Å²) in [5.74, 6) is -1.30. The average molecular weight is 319 g/mol. The van der Waals surface area contributed by atoms with Crippen molar-refractivity contribution in [1.82, 2.24) is 4.98 Å². The monoisotopic (exact) mass is 318 g/mol. The molecule has 2 aromatic rings. The van der Waals surface area contributed by atoms with Crippen LogP contribution in [0.1, 0.15) is 10.5 Å². The predicted octanol–water partition coefficient (Wildman–Crippen LogP) is 2.30. The molecule has 2 rings (SSSR count). The summed E-state index contributed by atoms with van der Waals surface area (Å²) in [6.07, 6.45) is 0. The molecule has 100 valence electrons. The summed E-state index contributed by atoms with van der Waals surface area (Å²) in [7, 11) is -3.81. The van der Waals surface area contributed by atoms with Crippen LogP contribution in [0.2, 0.25) is 4.34 Å². The Balaban J connectivity index is 2.30. The quantitative estimate of drug-likeness (QED) is 0.901. The molecule has 0 amide bonds. The van der Waals surface area contributed by atoms with Crippen LogP contribution in [0.5, 0.6) is 0 Å². The Labute approximate surface area is 117 Å². The number of carboxylic acid groups (broad SMARTS) is 1. The molecule has 0 aliphatic rings. The second-order valence-electron chi connectivity index (χ2n) is 3.38. The number of nitrogens with one attached hydrogen (secondary N) is 1. The van der Waals surface area contributed by atoms with Gasteiger partial charge in [0.2, 0.25) is 0 Å². The summed E-state index contributed by atoms with van der Waals surface area (Å²) >= 11 is 6.56. The van der Waals surface area contributed by atoms with Crippen molar-refractivity contribution < 1.29 is 18.3 Å². The van der Waals surface area contributed by atoms with Crippen LogP contribution >= 0.6 is 22.9 Å². The van der Waals surface area contributed by atoms with E-state index >= 15 is 0 Å². The standard InChI is InChI=1S/C10H7ClN2O4S2/c11-7-4-5-9(18-7)19(16,17)13-8-3-1-2-6(12-8)10(14)15/h1-5H,(H,12,13)(H,14,15). The van der Waals surface area contributed by atoms with Crippen molar-refractivity contribution in [2.45, 2.75) is 4.21 Å². The van der Waals surface area contributed by atoms with Crippen molar-refractivity contribution in [2.24, 2.45) is 0 Å². The smallest absolute Gasteiger partial charge is 0.354 e. The first-order valence-electron chi connectivity index (χ1n) is 4.87. The molecule has 0 atom stereocenters. The molecule has 0 fully saturated rings. The summed E-state index contributed by atoms with van der Waals surface area (Å²) < 4.78 is 26.5. The number of nitrogens with zero attached hydrogens (tertiary/aromatic N) is 1. The van der Waals surface area contributed by atoms with Crippen molar-refractivity contribution in [3.8, 4) is 0 Å². The maximum absolute atomic E-state index is 11.9. The van der Waals surface area contributed by atoms with E-state index in [4.69, 9.17) is 16.7 Å². The summed E-state index contributed by atoms with van der Waals surface area (Å²) in [5, 5.41) is 8.77. The Hall–Kier alpha value is -1.64. The summed E-state index contributed by atoms with van der Waals surface area (Å²) in [5.41, 5.74) is -0.246. The number of halogens is 1. The van der Waals surface area contributed by atoms with E-state index < -0.39 is 16.0 Å². The molecule has 0 unspecified atom stereocenters. The average Bonchev–Trinajstić information content (AvgIpc) is 2.76. The van der Waals surface area contributed by atoms with Crippen molar-refractivity contribution in [2.75, 3.05) is 4.72 Å². The minimum absolute atomic E-state index is 0.0278. The van der Waals surface area contributed by atoms with Gasteiger partial charge in [-0.15, -0.1) is 11.3 Å². The number of hydrogen-bond acceptors (Lipinski definition) is 5. The van der Waals surface area contributed by atoms with E-state index in [2.05, 4.69) is 9.71 Å². The van der Waals surface area contributed by atoms with Crippen LogP contribution in [0.4, 0.5) is 5.82 Å². The molecule has 0 bridgehead atoms. The lowest BCUT2D eigenvalue weighted by molar-refractivity contribution is 0.0690. The van der Waals surface area contributed by atoms with Gasteiger partial charge in [-0.2, -0.15) is 0 Å². The van der Waals surface area contributed by atoms with Crippen molar-refractivity contribution >= 4 is 44.7 Å². The van der Waals surface area contributed by atoms with Gasteiger partial charge in [-0.25, -0.2) is 18.2 Å². The highest BCUT2D eigenvalue weighted by atomic mass is 35.5. The normalized spacial score (nSPS) is 11.2. The highest BCUT2D eigenvalue weighted by Crippen LogP contribution is 2.26. The summed E-state index contributed by atoms with van der Waals surface area (Å²) in [6.45, 7) is 0. The van der Waals surface area contributed by atoms with Gasteiger partial charge in [-0.05, 0) is 24.3 Å². The molecular weight excluding hydrogens is 312 g/mol. The number of sulfonamides is 1. The number of thiophene rings is 1. The Bertz CT molecular complexity index is 727. The summed E-state index contributed by atoms with van der Waals surface area (Å²) in [4.78, 5) is 14.4. The largest absolute Gasteiger partial charge is 0.477 e. The van der Waals surface area contributed by atoms with Crippen LogP contribution in [0.3, 0.4) is 0 Å². The van der Waals surface area contributed by atoms with Gasteiger partial charge in [0.1, 0.15) is 10.0 Å². The molecular formula is C10H7ClN2O4S2. The molecule has 0 radical (unpaired) electrons. The van der Waals surface area contributed by atoms with E-state index in [1.54, 1.807) is 0 Å². The fraction of sp³-hybridized carbons (Fsp3) is 0. The SMILES string of the molecule is O=C(O)c1cccc(NS(=O)(=O)c2ccc(Cl)s2)n1. The third-order valence-electron chi connectivity index (χ3n) is 2.02. The molecule has 2 heterocycles. The van der Waals surface area contributed by atoms with Crippen LogP contribution in [-0.4, -0.2) is 24.5 Å². The highest BCUT2D eigenvalue weighted by molar-refractivity contribution is 7.94. The third kappa shape index (κ3) is 3.22. The zero-order valence-corrected chi connectivity index (χ0v) is 11.6. The van der Waals surface area contributed by atoms with Gasteiger partial charge in [0.25, 0.3) is 10.0 Å². The highest BCUT2D eigenvalue weighted by Gasteiger charge is 2.18. The molecule has 0 saturated carbocycles.